The molecule has 1 aromatic heterocycles. The Morgan fingerprint density at radius 2 is 1.79 bits per heavy atom. The van der Waals surface area contributed by atoms with E-state index >= 15 is 0 Å². The number of piperidine rings is 1. The first-order valence-electron chi connectivity index (χ1n) is 11.2. The molecule has 0 bridgehead atoms. The second-order valence-corrected chi connectivity index (χ2v) is 11.3. The number of para-hydroxylation sites is 1. The van der Waals surface area contributed by atoms with Crippen LogP contribution in [0.25, 0.3) is 11.0 Å². The molecule has 2 heterocycles. The lowest BCUT2D eigenvalue weighted by Crippen LogP contribution is -2.37. The highest BCUT2D eigenvalue weighted by Gasteiger charge is 2.28. The van der Waals surface area contributed by atoms with Crippen molar-refractivity contribution in [2.45, 2.75) is 46.6 Å². The van der Waals surface area contributed by atoms with Crippen LogP contribution in [0.1, 0.15) is 50.8 Å². The van der Waals surface area contributed by atoms with Crippen molar-refractivity contribution in [1.29, 1.82) is 0 Å². The molecule has 1 aliphatic rings. The Morgan fingerprint density at radius 1 is 1.12 bits per heavy atom. The number of nitrogens with one attached hydrogen (secondary N) is 1. The van der Waals surface area contributed by atoms with Gasteiger partial charge in [0, 0.05) is 24.7 Å². The molecule has 0 spiro atoms. The summed E-state index contributed by atoms with van der Waals surface area (Å²) in [5.41, 5.74) is 2.71. The van der Waals surface area contributed by atoms with E-state index in [1.807, 2.05) is 26.0 Å². The predicted octanol–water partition coefficient (Wildman–Crippen LogP) is 4.70. The van der Waals surface area contributed by atoms with Gasteiger partial charge in [-0.1, -0.05) is 32.0 Å². The summed E-state index contributed by atoms with van der Waals surface area (Å²) < 4.78 is 18.3. The third-order valence-electron chi connectivity index (χ3n) is 6.47. The number of aryl methyl sites for hydroxylation is 1. The number of nitrogens with zero attached hydrogens (tertiary/aromatic N) is 1. The summed E-state index contributed by atoms with van der Waals surface area (Å²) in [5.74, 6) is 0.566. The average molecular weight is 471 g/mol. The maximum absolute atomic E-state index is 13.0. The molecule has 1 fully saturated rings. The van der Waals surface area contributed by atoms with E-state index in [0.29, 0.717) is 22.5 Å². The molecule has 0 radical (unpaired) electrons. The van der Waals surface area contributed by atoms with Crippen LogP contribution in [0.4, 0.5) is 11.6 Å². The zero-order valence-electron chi connectivity index (χ0n) is 19.5. The molecule has 1 unspecified atom stereocenters. The van der Waals surface area contributed by atoms with Gasteiger partial charge in [0.15, 0.2) is 11.3 Å². The zero-order chi connectivity index (χ0) is 24.0. The SMILES string of the molecule is Cc1cc(C(C)Nc2ccccc2P(=O)(O)O)c2oc(N3CCC(C)(C)CC3)cc(=O)c2c1. The molecule has 1 saturated heterocycles. The molecule has 2 aromatic carbocycles. The van der Waals surface area contributed by atoms with E-state index in [0.717, 1.165) is 37.1 Å². The number of rotatable bonds is 5. The number of hydrogen-bond donors (Lipinski definition) is 3. The van der Waals surface area contributed by atoms with Crippen molar-refractivity contribution in [3.63, 3.8) is 0 Å². The second-order valence-electron chi connectivity index (χ2n) is 9.76. The quantitative estimate of drug-likeness (QED) is 0.464. The maximum atomic E-state index is 13.0. The normalized spacial score (nSPS) is 17.2. The molecule has 0 amide bonds. The fraction of sp³-hybridized carbons (Fsp3) is 0.400. The average Bonchev–Trinajstić information content (AvgIpc) is 2.73. The van der Waals surface area contributed by atoms with Gasteiger partial charge in [-0.15, -0.1) is 0 Å². The molecule has 1 aliphatic heterocycles. The van der Waals surface area contributed by atoms with Crippen molar-refractivity contribution >= 4 is 35.4 Å². The van der Waals surface area contributed by atoms with E-state index in [1.165, 1.54) is 6.07 Å². The molecular weight excluding hydrogens is 439 g/mol. The van der Waals surface area contributed by atoms with Gasteiger partial charge in [-0.25, -0.2) is 0 Å². The highest BCUT2D eigenvalue weighted by atomic mass is 31.2. The van der Waals surface area contributed by atoms with Crippen LogP contribution in [0.3, 0.4) is 0 Å². The van der Waals surface area contributed by atoms with Crippen LogP contribution in [0.2, 0.25) is 0 Å². The zero-order valence-corrected chi connectivity index (χ0v) is 20.4. The summed E-state index contributed by atoms with van der Waals surface area (Å²) in [5, 5.41) is 3.65. The maximum Gasteiger partial charge on any atom is 0.358 e. The van der Waals surface area contributed by atoms with E-state index < -0.39 is 7.60 Å². The molecule has 3 N–H and O–H groups in total. The Balaban J connectivity index is 1.76. The Hall–Kier alpha value is -2.60. The summed E-state index contributed by atoms with van der Waals surface area (Å²) in [6.07, 6.45) is 2.04. The van der Waals surface area contributed by atoms with Crippen molar-refractivity contribution in [1.82, 2.24) is 0 Å². The number of hydrogen-bond acceptors (Lipinski definition) is 5. The van der Waals surface area contributed by atoms with Gasteiger partial charge in [0.1, 0.15) is 5.58 Å². The Morgan fingerprint density at radius 3 is 2.45 bits per heavy atom. The lowest BCUT2D eigenvalue weighted by molar-refractivity contribution is 0.274. The molecule has 7 nitrogen and oxygen atoms in total. The van der Waals surface area contributed by atoms with Crippen LogP contribution in [0.15, 0.2) is 51.7 Å². The fourth-order valence-corrected chi connectivity index (χ4v) is 5.13. The molecule has 33 heavy (non-hydrogen) atoms. The van der Waals surface area contributed by atoms with Crippen molar-refractivity contribution in [2.75, 3.05) is 23.3 Å². The largest absolute Gasteiger partial charge is 0.440 e. The highest BCUT2D eigenvalue weighted by Crippen LogP contribution is 2.38. The summed E-state index contributed by atoms with van der Waals surface area (Å²) in [7, 11) is -4.45. The molecule has 8 heteroatoms. The van der Waals surface area contributed by atoms with Crippen LogP contribution < -0.4 is 21.0 Å². The summed E-state index contributed by atoms with van der Waals surface area (Å²) >= 11 is 0. The first-order chi connectivity index (χ1) is 15.4. The standard InChI is InChI=1S/C25H31N2O5P/c1-16-13-18(17(2)26-20-7-5-6-8-22(20)33(29,30)31)24-19(14-16)21(28)15-23(32-24)27-11-9-25(3,4)10-12-27/h5-8,13-15,17,26H,9-12H2,1-4H3,(H2,29,30,31). The van der Waals surface area contributed by atoms with Gasteiger partial charge < -0.3 is 24.4 Å². The van der Waals surface area contributed by atoms with Gasteiger partial charge in [-0.3, -0.25) is 9.36 Å². The lowest BCUT2D eigenvalue weighted by Gasteiger charge is -2.37. The van der Waals surface area contributed by atoms with Crippen molar-refractivity contribution in [3.05, 3.63) is 63.8 Å². The lowest BCUT2D eigenvalue weighted by atomic mass is 9.83. The first-order valence-corrected chi connectivity index (χ1v) is 12.8. The smallest absolute Gasteiger partial charge is 0.358 e. The van der Waals surface area contributed by atoms with Crippen LogP contribution in [-0.4, -0.2) is 22.9 Å². The monoisotopic (exact) mass is 470 g/mol. The summed E-state index contributed by atoms with van der Waals surface area (Å²) in [6, 6.07) is 11.4. The Labute approximate surface area is 193 Å². The van der Waals surface area contributed by atoms with Crippen LogP contribution >= 0.6 is 7.60 Å². The van der Waals surface area contributed by atoms with E-state index in [-0.39, 0.29) is 22.2 Å². The molecule has 0 aliphatic carbocycles. The van der Waals surface area contributed by atoms with Gasteiger partial charge >= 0.3 is 7.60 Å². The van der Waals surface area contributed by atoms with E-state index in [1.54, 1.807) is 24.3 Å². The molecule has 0 saturated carbocycles. The Kier molecular flexibility index (Phi) is 6.16. The third kappa shape index (κ3) is 5.01. The fourth-order valence-electron chi connectivity index (χ4n) is 4.39. The molecular formula is C25H31N2O5P. The molecule has 3 aromatic rings. The van der Waals surface area contributed by atoms with Gasteiger partial charge in [-0.2, -0.15) is 0 Å². The number of anilines is 2. The van der Waals surface area contributed by atoms with Crippen molar-refractivity contribution in [3.8, 4) is 0 Å². The van der Waals surface area contributed by atoms with E-state index in [4.69, 9.17) is 4.42 Å². The van der Waals surface area contributed by atoms with Gasteiger partial charge in [-0.05, 0) is 55.9 Å². The first kappa shape index (κ1) is 23.6. The van der Waals surface area contributed by atoms with Gasteiger partial charge in [0.2, 0.25) is 0 Å². The predicted molar refractivity (Wildman–Crippen MR) is 133 cm³/mol. The third-order valence-corrected chi connectivity index (χ3v) is 7.49. The number of fused-ring (bicyclic) bond motifs is 1. The Bertz CT molecular complexity index is 1280. The van der Waals surface area contributed by atoms with Crippen molar-refractivity contribution < 1.29 is 18.8 Å². The molecule has 4 rings (SSSR count). The summed E-state index contributed by atoms with van der Waals surface area (Å²) in [4.78, 5) is 34.6. The van der Waals surface area contributed by atoms with Gasteiger partial charge in [0.25, 0.3) is 0 Å². The van der Waals surface area contributed by atoms with E-state index in [9.17, 15) is 19.1 Å². The van der Waals surface area contributed by atoms with Gasteiger partial charge in [0.05, 0.1) is 22.4 Å². The van der Waals surface area contributed by atoms with Crippen LogP contribution in [0.5, 0.6) is 0 Å². The minimum absolute atomic E-state index is 0.0631. The van der Waals surface area contributed by atoms with Crippen LogP contribution in [-0.2, 0) is 4.57 Å². The topological polar surface area (TPSA) is 103 Å². The molecule has 176 valence electrons. The molecule has 1 atom stereocenters. The highest BCUT2D eigenvalue weighted by molar-refractivity contribution is 7.60. The van der Waals surface area contributed by atoms with E-state index in [2.05, 4.69) is 24.1 Å². The minimum Gasteiger partial charge on any atom is -0.440 e. The minimum atomic E-state index is -4.45. The van der Waals surface area contributed by atoms with Crippen LogP contribution in [0, 0.1) is 12.3 Å². The second kappa shape index (κ2) is 8.64. The number of benzene rings is 2. The van der Waals surface area contributed by atoms with Crippen molar-refractivity contribution in [2.24, 2.45) is 5.41 Å². The summed E-state index contributed by atoms with van der Waals surface area (Å²) in [6.45, 7) is 9.97.